The molecule has 2 aliphatic carbocycles. The number of carbonyl (C=O) groups excluding carboxylic acids is 4. The van der Waals surface area contributed by atoms with Crippen molar-refractivity contribution < 1.29 is 29.0 Å². The normalized spacial score (nSPS) is 25.6. The molecular formula is C45H37Cl2N3O6. The highest BCUT2D eigenvalue weighted by atomic mass is 35.5. The van der Waals surface area contributed by atoms with Crippen molar-refractivity contribution in [3.8, 4) is 11.5 Å². The van der Waals surface area contributed by atoms with E-state index in [4.69, 9.17) is 27.9 Å². The second-order valence-electron chi connectivity index (χ2n) is 15.0. The van der Waals surface area contributed by atoms with Crippen molar-refractivity contribution >= 4 is 69.0 Å². The van der Waals surface area contributed by atoms with E-state index in [1.165, 1.54) is 11.0 Å². The highest BCUT2D eigenvalue weighted by Crippen LogP contribution is 2.65. The van der Waals surface area contributed by atoms with Crippen LogP contribution >= 0.6 is 23.2 Å². The van der Waals surface area contributed by atoms with Gasteiger partial charge in [0.15, 0.2) is 0 Å². The predicted molar refractivity (Wildman–Crippen MR) is 215 cm³/mol. The van der Waals surface area contributed by atoms with Crippen LogP contribution in [0.25, 0.3) is 10.8 Å². The molecule has 0 unspecified atom stereocenters. The number of nitrogens with one attached hydrogen (secondary N) is 1. The average Bonchev–Trinajstić information content (AvgIpc) is 3.60. The van der Waals surface area contributed by atoms with E-state index in [-0.39, 0.29) is 35.4 Å². The molecule has 2 N–H and O–H groups in total. The van der Waals surface area contributed by atoms with Crippen LogP contribution in [-0.2, 0) is 31.0 Å². The molecule has 2 saturated heterocycles. The van der Waals surface area contributed by atoms with Crippen LogP contribution in [0.5, 0.6) is 11.5 Å². The lowest BCUT2D eigenvalue weighted by atomic mass is 9.49. The summed E-state index contributed by atoms with van der Waals surface area (Å²) in [7, 11) is 1.55. The first-order valence-electron chi connectivity index (χ1n) is 18.7. The van der Waals surface area contributed by atoms with E-state index >= 15 is 9.59 Å². The Morgan fingerprint density at radius 1 is 0.857 bits per heavy atom. The van der Waals surface area contributed by atoms with Crippen molar-refractivity contribution in [1.29, 1.82) is 0 Å². The molecule has 11 heteroatoms. The summed E-state index contributed by atoms with van der Waals surface area (Å²) in [6.45, 7) is 2.04. The molecule has 3 fully saturated rings. The number of hydrazine groups is 1. The third-order valence-electron chi connectivity index (χ3n) is 12.4. The van der Waals surface area contributed by atoms with Crippen LogP contribution in [0.1, 0.15) is 42.4 Å². The van der Waals surface area contributed by atoms with Gasteiger partial charge in [0.25, 0.3) is 11.8 Å². The van der Waals surface area contributed by atoms with Crippen LogP contribution in [0.2, 0.25) is 10.0 Å². The van der Waals surface area contributed by atoms with Gasteiger partial charge >= 0.3 is 0 Å². The number of phenols is 1. The fraction of sp³-hybridized carbons (Fsp3) is 0.244. The molecule has 0 aromatic heterocycles. The molecule has 9 nitrogen and oxygen atoms in total. The van der Waals surface area contributed by atoms with E-state index < -0.39 is 46.8 Å². The van der Waals surface area contributed by atoms with Crippen LogP contribution in [0.4, 0.5) is 11.4 Å². The third-order valence-corrected chi connectivity index (χ3v) is 13.0. The Morgan fingerprint density at radius 2 is 1.61 bits per heavy atom. The monoisotopic (exact) mass is 785 g/mol. The van der Waals surface area contributed by atoms with Gasteiger partial charge in [0.1, 0.15) is 11.5 Å². The summed E-state index contributed by atoms with van der Waals surface area (Å²) in [6.07, 6.45) is 3.14. The van der Waals surface area contributed by atoms with Crippen molar-refractivity contribution in [2.45, 2.75) is 37.5 Å². The zero-order valence-electron chi connectivity index (χ0n) is 30.5. The van der Waals surface area contributed by atoms with Crippen molar-refractivity contribution in [3.05, 3.63) is 142 Å². The Kier molecular flexibility index (Phi) is 8.71. The topological polar surface area (TPSA) is 116 Å². The summed E-state index contributed by atoms with van der Waals surface area (Å²) in [4.78, 5) is 60.8. The minimum absolute atomic E-state index is 0.0257. The van der Waals surface area contributed by atoms with Gasteiger partial charge < -0.3 is 9.84 Å². The first-order valence-corrected chi connectivity index (χ1v) is 19.5. The number of methoxy groups -OCH3 is 1. The summed E-state index contributed by atoms with van der Waals surface area (Å²) in [5.74, 6) is -5.16. The Morgan fingerprint density at radius 3 is 2.32 bits per heavy atom. The number of hydrogen-bond acceptors (Lipinski definition) is 7. The first kappa shape index (κ1) is 36.0. The number of halogens is 2. The van der Waals surface area contributed by atoms with Crippen molar-refractivity contribution in [1.82, 2.24) is 5.01 Å². The van der Waals surface area contributed by atoms with Crippen molar-refractivity contribution in [2.75, 3.05) is 17.4 Å². The summed E-state index contributed by atoms with van der Waals surface area (Å²) < 4.78 is 5.50. The predicted octanol–water partition coefficient (Wildman–Crippen LogP) is 8.61. The lowest BCUT2D eigenvalue weighted by Gasteiger charge is -2.50. The maximum Gasteiger partial charge on any atom is 0.260 e. The number of phenolic OH excluding ortho intramolecular Hbond substituents is 1. The van der Waals surface area contributed by atoms with E-state index in [1.54, 1.807) is 55.6 Å². The average molecular weight is 787 g/mol. The first-order chi connectivity index (χ1) is 27.1. The Bertz CT molecular complexity index is 2500. The maximum atomic E-state index is 15.6. The number of ether oxygens (including phenoxy) is 1. The highest BCUT2D eigenvalue weighted by molar-refractivity contribution is 6.36. The van der Waals surface area contributed by atoms with Gasteiger partial charge in [-0.1, -0.05) is 102 Å². The lowest BCUT2D eigenvalue weighted by Crippen LogP contribution is -2.53. The fourth-order valence-corrected chi connectivity index (χ4v) is 10.3. The van der Waals surface area contributed by atoms with Crippen LogP contribution < -0.4 is 15.1 Å². The molecule has 5 aromatic carbocycles. The maximum absolute atomic E-state index is 15.6. The molecule has 9 rings (SSSR count). The largest absolute Gasteiger partial charge is 0.507 e. The van der Waals surface area contributed by atoms with Gasteiger partial charge in [-0.2, -0.15) is 5.01 Å². The second kappa shape index (κ2) is 13.5. The fourth-order valence-electron chi connectivity index (χ4n) is 9.83. The minimum Gasteiger partial charge on any atom is -0.507 e. The van der Waals surface area contributed by atoms with E-state index in [0.717, 1.165) is 28.0 Å². The molecule has 282 valence electrons. The number of allylic oxidation sites excluding steroid dienone is 2. The number of rotatable bonds is 7. The smallest absolute Gasteiger partial charge is 0.260 e. The molecule has 1 saturated carbocycles. The van der Waals surface area contributed by atoms with Gasteiger partial charge in [0, 0.05) is 21.9 Å². The summed E-state index contributed by atoms with van der Waals surface area (Å²) in [5.41, 5.74) is 5.01. The van der Waals surface area contributed by atoms with Gasteiger partial charge in [0.2, 0.25) is 11.8 Å². The van der Waals surface area contributed by atoms with Gasteiger partial charge in [-0.05, 0) is 84.2 Å². The number of anilines is 2. The van der Waals surface area contributed by atoms with Crippen LogP contribution in [0.3, 0.4) is 0 Å². The number of imide groups is 2. The van der Waals surface area contributed by atoms with Gasteiger partial charge in [-0.3, -0.25) is 29.5 Å². The molecule has 4 amide bonds. The number of aryl methyl sites for hydroxylation is 1. The van der Waals surface area contributed by atoms with Crippen molar-refractivity contribution in [2.24, 2.45) is 23.7 Å². The zero-order chi connectivity index (χ0) is 39.0. The molecule has 6 atom stereocenters. The molecule has 4 aliphatic rings. The van der Waals surface area contributed by atoms with E-state index in [2.05, 4.69) is 5.43 Å². The van der Waals surface area contributed by atoms with Gasteiger partial charge in [0.05, 0.1) is 46.7 Å². The van der Waals surface area contributed by atoms with Crippen molar-refractivity contribution in [3.63, 3.8) is 0 Å². The third kappa shape index (κ3) is 5.20. The lowest BCUT2D eigenvalue weighted by molar-refractivity contribution is -0.138. The number of nitrogens with zero attached hydrogens (tertiary/aromatic N) is 2. The quantitative estimate of drug-likeness (QED) is 0.125. The number of carbonyl (C=O) groups is 4. The Hall–Kier alpha value is -5.64. The number of amides is 4. The molecule has 2 heterocycles. The number of aromatic hydroxyl groups is 1. The molecule has 2 aliphatic heterocycles. The van der Waals surface area contributed by atoms with Crippen LogP contribution in [0, 0.1) is 23.7 Å². The molecule has 5 aromatic rings. The van der Waals surface area contributed by atoms with Crippen LogP contribution in [-0.4, -0.2) is 40.9 Å². The van der Waals surface area contributed by atoms with E-state index in [1.807, 2.05) is 61.5 Å². The summed E-state index contributed by atoms with van der Waals surface area (Å²) >= 11 is 12.8. The highest BCUT2D eigenvalue weighted by Gasteiger charge is 2.70. The number of fused-ring (bicyclic) bond motifs is 5. The zero-order valence-corrected chi connectivity index (χ0v) is 32.1. The Labute approximate surface area is 333 Å². The van der Waals surface area contributed by atoms with Crippen LogP contribution in [0.15, 0.2) is 115 Å². The minimum atomic E-state index is -1.61. The standard InChI is InChI=1S/C45H37Cl2N3O6/c1-3-24-8-14-28(15-9-24)49-41(52)32-20-19-31-34(38(32)43(49)54)23-35-42(53)50(48-37-21-13-27(46)22-36(37)47)44(55)45(35,26-11-16-29(56-2)17-12-26)39(31)33-18-10-25-6-4-5-7-30(25)40(33)51/h4-19,21-22,32,34-35,38-39,48,51H,3,20,23H2,1-2H3/t32-,34+,35-,38-,39+,45+/m0/s1. The molecule has 0 bridgehead atoms. The molecular weight excluding hydrogens is 749 g/mol. The van der Waals surface area contributed by atoms with E-state index in [9.17, 15) is 14.7 Å². The van der Waals surface area contributed by atoms with E-state index in [0.29, 0.717) is 38.7 Å². The Balaban J connectivity index is 1.26. The second-order valence-corrected chi connectivity index (χ2v) is 15.8. The summed E-state index contributed by atoms with van der Waals surface area (Å²) in [6, 6.07) is 30.4. The summed E-state index contributed by atoms with van der Waals surface area (Å²) in [5, 5.41) is 15.2. The van der Waals surface area contributed by atoms with Gasteiger partial charge in [-0.25, -0.2) is 0 Å². The SMILES string of the molecule is CCc1ccc(N2C(=O)[C@H]3[C@H](CC=C4[C@H]3C[C@H]3C(=O)N(Nc5ccc(Cl)cc5Cl)C(=O)[C@@]3(c3ccc(OC)cc3)[C@H]4c3ccc4ccccc4c3O)C2=O)cc1. The number of benzene rings is 5. The number of hydrogen-bond donors (Lipinski definition) is 2. The molecule has 0 radical (unpaired) electrons. The molecule has 0 spiro atoms. The van der Waals surface area contributed by atoms with Gasteiger partial charge in [-0.15, -0.1) is 0 Å². The molecule has 56 heavy (non-hydrogen) atoms.